The molecule has 0 aliphatic heterocycles. The first-order chi connectivity index (χ1) is 8.63. The standard InChI is InChI=1S/C14H22BrFO2Si/c1-14(2,3)19(4,5)18-9-8-17-11-6-7-12(15)13(16)10-11/h6-7,10H,8-9H2,1-5H3. The van der Waals surface area contributed by atoms with Crippen LogP contribution >= 0.6 is 15.9 Å². The molecule has 1 rings (SSSR count). The largest absolute Gasteiger partial charge is 0.491 e. The second-order valence-corrected chi connectivity index (χ2v) is 11.7. The Kier molecular flexibility index (Phi) is 5.59. The van der Waals surface area contributed by atoms with Crippen LogP contribution in [0.5, 0.6) is 5.75 Å². The molecule has 0 heterocycles. The van der Waals surface area contributed by atoms with E-state index in [1.807, 2.05) is 0 Å². The summed E-state index contributed by atoms with van der Waals surface area (Å²) in [5, 5.41) is 0.191. The van der Waals surface area contributed by atoms with Crippen LogP contribution in [0.4, 0.5) is 4.39 Å². The summed E-state index contributed by atoms with van der Waals surface area (Å²) in [5.41, 5.74) is 0. The van der Waals surface area contributed by atoms with Gasteiger partial charge in [0.1, 0.15) is 18.2 Å². The molecule has 0 N–H and O–H groups in total. The Balaban J connectivity index is 2.41. The normalized spacial score (nSPS) is 12.6. The van der Waals surface area contributed by atoms with Crippen LogP contribution in [0, 0.1) is 5.82 Å². The average Bonchev–Trinajstić information content (AvgIpc) is 2.27. The van der Waals surface area contributed by atoms with Crippen molar-refractivity contribution in [3.05, 3.63) is 28.5 Å². The molecular weight excluding hydrogens is 327 g/mol. The summed E-state index contributed by atoms with van der Waals surface area (Å²) < 4.78 is 25.2. The molecule has 0 aliphatic rings. The van der Waals surface area contributed by atoms with Gasteiger partial charge in [-0.25, -0.2) is 4.39 Å². The number of halogens is 2. The van der Waals surface area contributed by atoms with E-state index in [0.717, 1.165) is 0 Å². The summed E-state index contributed by atoms with van der Waals surface area (Å²) in [6, 6.07) is 4.75. The van der Waals surface area contributed by atoms with Gasteiger partial charge in [-0.2, -0.15) is 0 Å². The van der Waals surface area contributed by atoms with Gasteiger partial charge in [0, 0.05) is 6.07 Å². The maximum atomic E-state index is 13.3. The van der Waals surface area contributed by atoms with Gasteiger partial charge >= 0.3 is 0 Å². The molecule has 19 heavy (non-hydrogen) atoms. The van der Waals surface area contributed by atoms with E-state index in [4.69, 9.17) is 9.16 Å². The van der Waals surface area contributed by atoms with Crippen LogP contribution in [0.1, 0.15) is 20.8 Å². The van der Waals surface area contributed by atoms with E-state index < -0.39 is 8.32 Å². The molecule has 0 saturated heterocycles. The van der Waals surface area contributed by atoms with E-state index in [-0.39, 0.29) is 10.9 Å². The van der Waals surface area contributed by atoms with Crippen molar-refractivity contribution in [2.45, 2.75) is 38.9 Å². The smallest absolute Gasteiger partial charge is 0.192 e. The minimum atomic E-state index is -1.72. The highest BCUT2D eigenvalue weighted by atomic mass is 79.9. The maximum absolute atomic E-state index is 13.3. The Labute approximate surface area is 124 Å². The summed E-state index contributed by atoms with van der Waals surface area (Å²) in [6.07, 6.45) is 0. The molecule has 1 aromatic carbocycles. The number of hydrogen-bond donors (Lipinski definition) is 0. The van der Waals surface area contributed by atoms with Crippen molar-refractivity contribution in [2.24, 2.45) is 0 Å². The fourth-order valence-electron chi connectivity index (χ4n) is 1.24. The van der Waals surface area contributed by atoms with E-state index in [0.29, 0.717) is 23.4 Å². The molecule has 108 valence electrons. The predicted molar refractivity (Wildman–Crippen MR) is 82.7 cm³/mol. The molecule has 0 atom stereocenters. The molecule has 0 saturated carbocycles. The van der Waals surface area contributed by atoms with E-state index in [2.05, 4.69) is 49.8 Å². The maximum Gasteiger partial charge on any atom is 0.192 e. The van der Waals surface area contributed by atoms with E-state index >= 15 is 0 Å². The number of ether oxygens (including phenoxy) is 1. The molecule has 0 radical (unpaired) electrons. The second-order valence-electron chi connectivity index (χ2n) is 6.03. The third-order valence-electron chi connectivity index (χ3n) is 3.51. The van der Waals surface area contributed by atoms with Gasteiger partial charge in [0.15, 0.2) is 8.32 Å². The Hall–Kier alpha value is -0.393. The van der Waals surface area contributed by atoms with Crippen molar-refractivity contribution in [1.29, 1.82) is 0 Å². The summed E-state index contributed by atoms with van der Waals surface area (Å²) in [7, 11) is -1.72. The molecule has 0 aromatic heterocycles. The monoisotopic (exact) mass is 348 g/mol. The summed E-state index contributed by atoms with van der Waals surface area (Å²) in [6.45, 7) is 12.0. The first-order valence-electron chi connectivity index (χ1n) is 6.35. The van der Waals surface area contributed by atoms with Crippen LogP contribution in [0.3, 0.4) is 0 Å². The molecule has 1 aromatic rings. The van der Waals surface area contributed by atoms with Crippen molar-refractivity contribution < 1.29 is 13.6 Å². The van der Waals surface area contributed by atoms with Gasteiger partial charge in [-0.1, -0.05) is 20.8 Å². The van der Waals surface area contributed by atoms with Crippen LogP contribution in [0.25, 0.3) is 0 Å². The average molecular weight is 349 g/mol. The molecule has 5 heteroatoms. The van der Waals surface area contributed by atoms with Crippen LogP contribution in [0.15, 0.2) is 22.7 Å². The second kappa shape index (κ2) is 6.37. The third-order valence-corrected chi connectivity index (χ3v) is 8.69. The van der Waals surface area contributed by atoms with Gasteiger partial charge in [-0.05, 0) is 46.2 Å². The van der Waals surface area contributed by atoms with E-state index in [9.17, 15) is 4.39 Å². The fourth-order valence-corrected chi connectivity index (χ4v) is 2.51. The number of benzene rings is 1. The van der Waals surface area contributed by atoms with Crippen LogP contribution < -0.4 is 4.74 Å². The summed E-state index contributed by atoms with van der Waals surface area (Å²) in [5.74, 6) is 0.211. The molecule has 0 aliphatic carbocycles. The lowest BCUT2D eigenvalue weighted by Gasteiger charge is -2.36. The highest BCUT2D eigenvalue weighted by molar-refractivity contribution is 9.10. The predicted octanol–water partition coefficient (Wildman–Crippen LogP) is 4.99. The quantitative estimate of drug-likeness (QED) is 0.551. The van der Waals surface area contributed by atoms with Crippen molar-refractivity contribution in [1.82, 2.24) is 0 Å². The molecule has 0 fully saturated rings. The number of hydrogen-bond acceptors (Lipinski definition) is 2. The Morgan fingerprint density at radius 1 is 1.21 bits per heavy atom. The van der Waals surface area contributed by atoms with Crippen LogP contribution in [0.2, 0.25) is 18.1 Å². The molecule has 0 unspecified atom stereocenters. The molecule has 2 nitrogen and oxygen atoms in total. The molecule has 0 bridgehead atoms. The SMILES string of the molecule is CC(C)(C)[Si](C)(C)OCCOc1ccc(Br)c(F)c1. The van der Waals surface area contributed by atoms with Crippen molar-refractivity contribution in [2.75, 3.05) is 13.2 Å². The topological polar surface area (TPSA) is 18.5 Å². The zero-order chi connectivity index (χ0) is 14.7. The van der Waals surface area contributed by atoms with E-state index in [1.165, 1.54) is 6.07 Å². The lowest BCUT2D eigenvalue weighted by Crippen LogP contribution is -2.41. The lowest BCUT2D eigenvalue weighted by atomic mass is 10.2. The molecule has 0 amide bonds. The molecule has 0 spiro atoms. The Morgan fingerprint density at radius 3 is 2.37 bits per heavy atom. The van der Waals surface area contributed by atoms with Gasteiger partial charge in [0.2, 0.25) is 0 Å². The Bertz CT molecular complexity index is 430. The summed E-state index contributed by atoms with van der Waals surface area (Å²) >= 11 is 3.11. The van der Waals surface area contributed by atoms with Crippen LogP contribution in [-0.2, 0) is 4.43 Å². The highest BCUT2D eigenvalue weighted by Gasteiger charge is 2.36. The van der Waals surface area contributed by atoms with Crippen molar-refractivity contribution in [3.63, 3.8) is 0 Å². The van der Waals surface area contributed by atoms with Gasteiger partial charge < -0.3 is 9.16 Å². The minimum Gasteiger partial charge on any atom is -0.491 e. The van der Waals surface area contributed by atoms with Gasteiger partial charge in [0.05, 0.1) is 11.1 Å². The lowest BCUT2D eigenvalue weighted by molar-refractivity contribution is 0.203. The van der Waals surface area contributed by atoms with E-state index in [1.54, 1.807) is 12.1 Å². The highest BCUT2D eigenvalue weighted by Crippen LogP contribution is 2.36. The first kappa shape index (κ1) is 16.7. The van der Waals surface area contributed by atoms with Gasteiger partial charge in [-0.3, -0.25) is 0 Å². The fraction of sp³-hybridized carbons (Fsp3) is 0.571. The Morgan fingerprint density at radius 2 is 1.84 bits per heavy atom. The minimum absolute atomic E-state index is 0.191. The zero-order valence-corrected chi connectivity index (χ0v) is 14.8. The van der Waals surface area contributed by atoms with Crippen LogP contribution in [-0.4, -0.2) is 21.5 Å². The zero-order valence-electron chi connectivity index (χ0n) is 12.2. The first-order valence-corrected chi connectivity index (χ1v) is 10.1. The van der Waals surface area contributed by atoms with Crippen molar-refractivity contribution in [3.8, 4) is 5.75 Å². The molecular formula is C14H22BrFO2Si. The van der Waals surface area contributed by atoms with Crippen molar-refractivity contribution >= 4 is 24.2 Å². The number of rotatable bonds is 5. The third kappa shape index (κ3) is 4.89. The van der Waals surface area contributed by atoms with Gasteiger partial charge in [-0.15, -0.1) is 0 Å². The summed E-state index contributed by atoms with van der Waals surface area (Å²) in [4.78, 5) is 0. The van der Waals surface area contributed by atoms with Gasteiger partial charge in [0.25, 0.3) is 0 Å².